The molecule has 0 fully saturated rings. The van der Waals surface area contributed by atoms with Crippen LogP contribution < -0.4 is 10.4 Å². The molecular formula is C2H8B2N2. The second-order valence-electron chi connectivity index (χ2n) is 0.888. The van der Waals surface area contributed by atoms with Crippen molar-refractivity contribution in [1.82, 2.24) is 10.4 Å². The van der Waals surface area contributed by atoms with E-state index in [-0.39, 0.29) is 0 Å². The number of rotatable bonds is 3. The summed E-state index contributed by atoms with van der Waals surface area (Å²) in [6, 6.07) is 0. The first-order valence-electron chi connectivity index (χ1n) is 1.94. The van der Waals surface area contributed by atoms with Gasteiger partial charge in [0.15, 0.2) is 7.41 Å². The van der Waals surface area contributed by atoms with Crippen LogP contribution in [0.25, 0.3) is 0 Å². The summed E-state index contributed by atoms with van der Waals surface area (Å²) in [5, 5.41) is 5.64. The molecule has 0 unspecified atom stereocenters. The van der Waals surface area contributed by atoms with Crippen LogP contribution in [0.2, 0.25) is 6.82 Å². The Labute approximate surface area is 40.2 Å². The summed E-state index contributed by atoms with van der Waals surface area (Å²) in [4.78, 5) is 0. The van der Waals surface area contributed by atoms with Crippen molar-refractivity contribution in [1.29, 1.82) is 0 Å². The Hall–Kier alpha value is 0.0499. The van der Waals surface area contributed by atoms with Crippen molar-refractivity contribution in [3.63, 3.8) is 0 Å². The predicted molar refractivity (Wildman–Crippen MR) is 29.6 cm³/mol. The van der Waals surface area contributed by atoms with E-state index in [1.807, 2.05) is 21.3 Å². The molecule has 32 valence electrons. The molecule has 2 radical (unpaired) electrons. The Morgan fingerprint density at radius 1 is 1.50 bits per heavy atom. The predicted octanol–water partition coefficient (Wildman–Crippen LogP) is -1.00. The summed E-state index contributed by atoms with van der Waals surface area (Å²) >= 11 is 0. The van der Waals surface area contributed by atoms with Crippen LogP contribution in [-0.2, 0) is 0 Å². The van der Waals surface area contributed by atoms with Gasteiger partial charge in [-0.3, -0.25) is 0 Å². The number of nitrogens with one attached hydrogen (secondary N) is 2. The van der Waals surface area contributed by atoms with Gasteiger partial charge in [0.05, 0.1) is 0 Å². The molecule has 0 saturated heterocycles. The van der Waals surface area contributed by atoms with Gasteiger partial charge in [-0.1, -0.05) is 6.82 Å². The highest BCUT2D eigenvalue weighted by Crippen LogP contribution is 1.37. The first-order chi connectivity index (χ1) is 2.91. The van der Waals surface area contributed by atoms with Gasteiger partial charge in [0.1, 0.15) is 0 Å². The Balaban J connectivity index is 2.34. The van der Waals surface area contributed by atoms with Crippen molar-refractivity contribution in [2.24, 2.45) is 0 Å². The van der Waals surface area contributed by atoms with Gasteiger partial charge in [-0.15, -0.1) is 0 Å². The van der Waals surface area contributed by atoms with Crippen LogP contribution in [0, 0.1) is 0 Å². The van der Waals surface area contributed by atoms with Crippen molar-refractivity contribution in [2.75, 3.05) is 7.05 Å². The van der Waals surface area contributed by atoms with E-state index in [2.05, 4.69) is 10.4 Å². The molecule has 0 saturated carbocycles. The van der Waals surface area contributed by atoms with E-state index in [0.717, 1.165) is 0 Å². The fourth-order valence-electron chi connectivity index (χ4n) is 0.167. The van der Waals surface area contributed by atoms with Crippen LogP contribution in [0.15, 0.2) is 0 Å². The second kappa shape index (κ2) is 5.05. The Morgan fingerprint density at radius 2 is 2.17 bits per heavy atom. The molecular weight excluding hydrogens is 73.7 g/mol. The van der Waals surface area contributed by atoms with E-state index in [1.54, 1.807) is 7.55 Å². The molecule has 0 aromatic rings. The first kappa shape index (κ1) is 6.05. The summed E-state index contributed by atoms with van der Waals surface area (Å²) in [5.41, 5.74) is 0. The largest absolute Gasteiger partial charge is 0.393 e. The van der Waals surface area contributed by atoms with Crippen LogP contribution in [0.1, 0.15) is 0 Å². The van der Waals surface area contributed by atoms with E-state index >= 15 is 0 Å². The quantitative estimate of drug-likeness (QED) is 0.336. The maximum absolute atomic E-state index is 2.84. The average Bonchev–Trinajstić information content (AvgIpc) is 1.61. The third-order valence-electron chi connectivity index (χ3n) is 0.394. The van der Waals surface area contributed by atoms with Gasteiger partial charge in [0.25, 0.3) is 7.55 Å². The van der Waals surface area contributed by atoms with Crippen LogP contribution >= 0.6 is 0 Å². The second-order valence-corrected chi connectivity index (χ2v) is 0.888. The van der Waals surface area contributed by atoms with Crippen LogP contribution in [-0.4, -0.2) is 22.0 Å². The molecule has 6 heavy (non-hydrogen) atoms. The third-order valence-corrected chi connectivity index (χ3v) is 0.394. The summed E-state index contributed by atoms with van der Waals surface area (Å²) in [7, 11) is 5.44. The topological polar surface area (TPSA) is 24.1 Å². The molecule has 0 aliphatic heterocycles. The summed E-state index contributed by atoms with van der Waals surface area (Å²) in [6.07, 6.45) is 0. The lowest BCUT2D eigenvalue weighted by Gasteiger charge is -1.89. The molecule has 0 bridgehead atoms. The van der Waals surface area contributed by atoms with Crippen molar-refractivity contribution in [3.05, 3.63) is 0 Å². The van der Waals surface area contributed by atoms with Crippen molar-refractivity contribution >= 4 is 15.0 Å². The lowest BCUT2D eigenvalue weighted by molar-refractivity contribution is 1.21. The van der Waals surface area contributed by atoms with Gasteiger partial charge in [-0.25, -0.2) is 0 Å². The summed E-state index contributed by atoms with van der Waals surface area (Å²) < 4.78 is 0. The van der Waals surface area contributed by atoms with E-state index in [0.29, 0.717) is 0 Å². The highest BCUT2D eigenvalue weighted by molar-refractivity contribution is 6.48. The van der Waals surface area contributed by atoms with Crippen molar-refractivity contribution < 1.29 is 0 Å². The first-order valence-corrected chi connectivity index (χ1v) is 1.94. The summed E-state index contributed by atoms with van der Waals surface area (Å²) in [5.74, 6) is 0. The molecule has 0 aromatic heterocycles. The van der Waals surface area contributed by atoms with E-state index in [9.17, 15) is 0 Å². The van der Waals surface area contributed by atoms with Gasteiger partial charge in [-0.2, -0.15) is 0 Å². The van der Waals surface area contributed by atoms with Gasteiger partial charge in [0, 0.05) is 0 Å². The zero-order valence-corrected chi connectivity index (χ0v) is 4.15. The molecule has 0 atom stereocenters. The molecule has 0 aliphatic rings. The maximum atomic E-state index is 2.84. The molecule has 0 spiro atoms. The molecule has 0 heterocycles. The Morgan fingerprint density at radius 3 is 2.33 bits per heavy atom. The fourth-order valence-corrected chi connectivity index (χ4v) is 0.167. The molecule has 2 nitrogen and oxygen atoms in total. The van der Waals surface area contributed by atoms with Gasteiger partial charge < -0.3 is 10.4 Å². The Kier molecular flexibility index (Phi) is 5.09. The minimum absolute atomic E-state index is 1.75. The molecule has 0 amide bonds. The highest BCUT2D eigenvalue weighted by Gasteiger charge is 1.77. The van der Waals surface area contributed by atoms with E-state index in [4.69, 9.17) is 0 Å². The number of hydrogen-bond donors (Lipinski definition) is 2. The SMILES string of the molecule is C[B]N[B]NC. The van der Waals surface area contributed by atoms with Gasteiger partial charge in [0.2, 0.25) is 0 Å². The van der Waals surface area contributed by atoms with Crippen molar-refractivity contribution in [3.8, 4) is 0 Å². The zero-order valence-electron chi connectivity index (χ0n) is 4.15. The smallest absolute Gasteiger partial charge is 0.294 e. The number of hydrogen-bond acceptors (Lipinski definition) is 2. The highest BCUT2D eigenvalue weighted by atomic mass is 14.8. The lowest BCUT2D eigenvalue weighted by atomic mass is 9.92. The molecule has 0 aromatic carbocycles. The van der Waals surface area contributed by atoms with Crippen molar-refractivity contribution in [2.45, 2.75) is 6.82 Å². The molecule has 2 N–H and O–H groups in total. The minimum atomic E-state index is 1.75. The van der Waals surface area contributed by atoms with Crippen LogP contribution in [0.4, 0.5) is 0 Å². The minimum Gasteiger partial charge on any atom is -0.393 e. The average molecular weight is 81.7 g/mol. The van der Waals surface area contributed by atoms with Gasteiger partial charge >= 0.3 is 0 Å². The zero-order chi connectivity index (χ0) is 4.83. The van der Waals surface area contributed by atoms with E-state index in [1.165, 1.54) is 0 Å². The molecule has 0 aliphatic carbocycles. The van der Waals surface area contributed by atoms with Crippen LogP contribution in [0.3, 0.4) is 0 Å². The van der Waals surface area contributed by atoms with Crippen LogP contribution in [0.5, 0.6) is 0 Å². The Bertz CT molecular complexity index is 21.5. The molecule has 0 rings (SSSR count). The summed E-state index contributed by atoms with van der Waals surface area (Å²) in [6.45, 7) is 1.92. The molecule has 4 heteroatoms. The lowest BCUT2D eigenvalue weighted by Crippen LogP contribution is -2.31. The maximum Gasteiger partial charge on any atom is 0.294 e. The third kappa shape index (κ3) is 4.05. The fraction of sp³-hybridized carbons (Fsp3) is 1.00. The monoisotopic (exact) mass is 82.1 g/mol. The van der Waals surface area contributed by atoms with E-state index < -0.39 is 0 Å². The standard InChI is InChI=1S/C2H8B2N2/c1-3-6-4-5-2/h5-6H,1-2H3. The van der Waals surface area contributed by atoms with Gasteiger partial charge in [-0.05, 0) is 7.05 Å². The normalized spacial score (nSPS) is 7.67.